The fraction of sp³-hybridized carbons (Fsp3) is 0.900. The number of hydrogen-bond acceptors (Lipinski definition) is 4. The Morgan fingerprint density at radius 1 is 1.12 bits per heavy atom. The van der Waals surface area contributed by atoms with Gasteiger partial charge in [-0.15, -0.1) is 0 Å². The van der Waals surface area contributed by atoms with Crippen LogP contribution in [0.4, 0.5) is 0 Å². The van der Waals surface area contributed by atoms with E-state index in [2.05, 4.69) is 18.4 Å². The molecule has 3 heterocycles. The van der Waals surface area contributed by atoms with E-state index in [9.17, 15) is 15.3 Å². The Morgan fingerprint density at radius 3 is 2.71 bits per heavy atom. The Hall–Kier alpha value is -0.420. The number of fused-ring (bicyclic) bond motifs is 1. The van der Waals surface area contributed by atoms with Crippen LogP contribution in [0.5, 0.6) is 0 Å². The first-order chi connectivity index (χ1) is 11.4. The molecule has 3 saturated heterocycles. The third-order valence-corrected chi connectivity index (χ3v) is 10.2. The lowest BCUT2D eigenvalue weighted by Gasteiger charge is -2.66. The van der Waals surface area contributed by atoms with Gasteiger partial charge in [-0.2, -0.15) is 0 Å². The summed E-state index contributed by atoms with van der Waals surface area (Å²) < 4.78 is 0. The zero-order valence-electron chi connectivity index (χ0n) is 14.2. The summed E-state index contributed by atoms with van der Waals surface area (Å²) in [5.41, 5.74) is 1.16. The molecule has 0 aromatic heterocycles. The van der Waals surface area contributed by atoms with Crippen molar-refractivity contribution in [1.29, 1.82) is 0 Å². The lowest BCUT2D eigenvalue weighted by atomic mass is 9.39. The zero-order valence-corrected chi connectivity index (χ0v) is 14.2. The molecular weight excluding hydrogens is 302 g/mol. The van der Waals surface area contributed by atoms with Crippen molar-refractivity contribution in [3.05, 3.63) is 12.2 Å². The molecule has 4 heteroatoms. The van der Waals surface area contributed by atoms with Crippen molar-refractivity contribution in [2.24, 2.45) is 39.9 Å². The molecule has 9 aliphatic rings. The van der Waals surface area contributed by atoms with E-state index in [0.717, 1.165) is 32.2 Å². The standard InChI is InChI=1S/C20H27NO3/c1-8-4-19-11-3-10(8)13(23)15(19)20-6-9(22)5-18(2)7-21(16(11)20)12(14(18)20)17(19)24/h9-17,22-24H,1,3-7H2,2H3/t9-,10-,11-,12-,13+,14-,15-,16-,17+,18-,19+,20+/m1/s1. The van der Waals surface area contributed by atoms with Crippen molar-refractivity contribution in [3.63, 3.8) is 0 Å². The molecule has 3 aliphatic heterocycles. The van der Waals surface area contributed by atoms with Crippen LogP contribution in [0.15, 0.2) is 12.2 Å². The van der Waals surface area contributed by atoms with Crippen LogP contribution in [0.2, 0.25) is 0 Å². The molecule has 6 saturated carbocycles. The molecule has 0 aromatic rings. The van der Waals surface area contributed by atoms with Crippen LogP contribution >= 0.6 is 0 Å². The van der Waals surface area contributed by atoms with E-state index in [1.54, 1.807) is 0 Å². The van der Waals surface area contributed by atoms with Gasteiger partial charge in [-0.05, 0) is 48.3 Å². The second kappa shape index (κ2) is 3.40. The molecule has 2 spiro atoms. The van der Waals surface area contributed by atoms with Gasteiger partial charge in [-0.1, -0.05) is 19.1 Å². The highest BCUT2D eigenvalue weighted by molar-refractivity contribution is 5.43. The average Bonchev–Trinajstić information content (AvgIpc) is 2.95. The number of hydrogen-bond donors (Lipinski definition) is 3. The summed E-state index contributed by atoms with van der Waals surface area (Å²) in [6.07, 6.45) is 2.69. The third kappa shape index (κ3) is 0.960. The fourth-order valence-electron chi connectivity index (χ4n) is 10.6. The first-order valence-electron chi connectivity index (χ1n) is 9.84. The van der Waals surface area contributed by atoms with Crippen LogP contribution in [0, 0.1) is 39.9 Å². The molecular formula is C20H27NO3. The molecule has 1 unspecified atom stereocenters. The predicted molar refractivity (Wildman–Crippen MR) is 86.8 cm³/mol. The number of aliphatic hydroxyl groups excluding tert-OH is 3. The van der Waals surface area contributed by atoms with Crippen LogP contribution in [-0.2, 0) is 0 Å². The first kappa shape index (κ1) is 13.7. The van der Waals surface area contributed by atoms with Crippen LogP contribution < -0.4 is 0 Å². The zero-order chi connectivity index (χ0) is 16.4. The minimum absolute atomic E-state index is 0.0358. The van der Waals surface area contributed by atoms with Crippen molar-refractivity contribution >= 4 is 0 Å². The number of aliphatic hydroxyl groups is 3. The smallest absolute Gasteiger partial charge is 0.0764 e. The molecule has 130 valence electrons. The van der Waals surface area contributed by atoms with Gasteiger partial charge >= 0.3 is 0 Å². The molecule has 0 aromatic carbocycles. The fourth-order valence-corrected chi connectivity index (χ4v) is 10.6. The quantitative estimate of drug-likeness (QED) is 0.574. The van der Waals surface area contributed by atoms with Crippen molar-refractivity contribution in [1.82, 2.24) is 4.90 Å². The van der Waals surface area contributed by atoms with Gasteiger partial charge < -0.3 is 15.3 Å². The highest BCUT2D eigenvalue weighted by Gasteiger charge is 2.91. The Morgan fingerprint density at radius 2 is 1.92 bits per heavy atom. The van der Waals surface area contributed by atoms with E-state index in [1.165, 1.54) is 5.57 Å². The molecule has 6 aliphatic carbocycles. The minimum Gasteiger partial charge on any atom is -0.393 e. The van der Waals surface area contributed by atoms with Crippen LogP contribution in [-0.4, -0.2) is 57.2 Å². The molecule has 4 nitrogen and oxygen atoms in total. The first-order valence-corrected chi connectivity index (χ1v) is 9.84. The van der Waals surface area contributed by atoms with Crippen LogP contribution in [0.1, 0.15) is 32.6 Å². The summed E-state index contributed by atoms with van der Waals surface area (Å²) >= 11 is 0. The maximum atomic E-state index is 11.6. The average molecular weight is 329 g/mol. The highest BCUT2D eigenvalue weighted by Crippen LogP contribution is 2.86. The molecule has 3 N–H and O–H groups in total. The summed E-state index contributed by atoms with van der Waals surface area (Å²) in [6.45, 7) is 7.65. The van der Waals surface area contributed by atoms with E-state index in [4.69, 9.17) is 0 Å². The molecule has 0 amide bonds. The lowest BCUT2D eigenvalue weighted by molar-refractivity contribution is -0.231. The number of rotatable bonds is 0. The number of nitrogens with zero attached hydrogens (tertiary/aromatic N) is 1. The van der Waals surface area contributed by atoms with Gasteiger partial charge in [-0.25, -0.2) is 0 Å². The van der Waals surface area contributed by atoms with E-state index < -0.39 is 0 Å². The number of piperidine rings is 2. The van der Waals surface area contributed by atoms with Gasteiger partial charge in [0.1, 0.15) is 0 Å². The van der Waals surface area contributed by atoms with Gasteiger partial charge in [0.15, 0.2) is 0 Å². The largest absolute Gasteiger partial charge is 0.393 e. The van der Waals surface area contributed by atoms with E-state index in [0.29, 0.717) is 17.9 Å². The summed E-state index contributed by atoms with van der Waals surface area (Å²) in [7, 11) is 0. The summed E-state index contributed by atoms with van der Waals surface area (Å²) in [5.74, 6) is 1.33. The van der Waals surface area contributed by atoms with Crippen LogP contribution in [0.25, 0.3) is 0 Å². The van der Waals surface area contributed by atoms with E-state index in [1.807, 2.05) is 0 Å². The van der Waals surface area contributed by atoms with Crippen molar-refractivity contribution in [2.45, 2.75) is 63.0 Å². The Balaban J connectivity index is 1.55. The predicted octanol–water partition coefficient (Wildman–Crippen LogP) is 0.764. The van der Waals surface area contributed by atoms with Crippen molar-refractivity contribution < 1.29 is 15.3 Å². The van der Waals surface area contributed by atoms with E-state index in [-0.39, 0.29) is 52.4 Å². The topological polar surface area (TPSA) is 63.9 Å². The summed E-state index contributed by atoms with van der Waals surface area (Å²) in [6, 6.07) is 0.742. The van der Waals surface area contributed by atoms with Gasteiger partial charge in [-0.3, -0.25) is 4.90 Å². The lowest BCUT2D eigenvalue weighted by Crippen LogP contribution is -2.70. The van der Waals surface area contributed by atoms with Gasteiger partial charge in [0.25, 0.3) is 0 Å². The molecule has 13 atom stereocenters. The summed E-state index contributed by atoms with van der Waals surface area (Å²) in [5, 5.41) is 33.7. The molecule has 0 radical (unpaired) electrons. The third-order valence-electron chi connectivity index (χ3n) is 10.2. The van der Waals surface area contributed by atoms with Gasteiger partial charge in [0.2, 0.25) is 0 Å². The summed E-state index contributed by atoms with van der Waals surface area (Å²) in [4.78, 5) is 2.65. The second-order valence-electron chi connectivity index (χ2n) is 10.7. The van der Waals surface area contributed by atoms with Gasteiger partial charge in [0, 0.05) is 35.9 Å². The normalized spacial score (nSPS) is 76.1. The SMILES string of the molecule is C=C1C[C@@]23[C@H]4[C@@H](O)[C@@H]1C[C@@H]2[C@H]1N2C[C@@]5(C)C[C@@H](O)C[C@]41[C@@H]5[C@@H]2[C@@H]3O. The molecule has 9 bridgehead atoms. The van der Waals surface area contributed by atoms with Crippen LogP contribution in [0.3, 0.4) is 0 Å². The molecule has 24 heavy (non-hydrogen) atoms. The Labute approximate surface area is 142 Å². The van der Waals surface area contributed by atoms with Crippen molar-refractivity contribution in [3.8, 4) is 0 Å². The Kier molecular flexibility index (Phi) is 1.95. The Bertz CT molecular complexity index is 709. The minimum atomic E-state index is -0.363. The maximum Gasteiger partial charge on any atom is 0.0764 e. The monoisotopic (exact) mass is 329 g/mol. The van der Waals surface area contributed by atoms with E-state index >= 15 is 0 Å². The maximum absolute atomic E-state index is 11.6. The second-order valence-corrected chi connectivity index (χ2v) is 10.7. The molecule has 9 fully saturated rings. The van der Waals surface area contributed by atoms with Gasteiger partial charge in [0.05, 0.1) is 18.3 Å². The highest BCUT2D eigenvalue weighted by atomic mass is 16.3. The molecule has 9 rings (SSSR count). The van der Waals surface area contributed by atoms with Crippen molar-refractivity contribution in [2.75, 3.05) is 6.54 Å².